The molecule has 9 nitrogen and oxygen atoms in total. The molecule has 0 N–H and O–H groups in total. The maximum absolute atomic E-state index is 13.6. The Morgan fingerprint density at radius 3 is 2.52 bits per heavy atom. The predicted octanol–water partition coefficient (Wildman–Crippen LogP) is 5.83. The van der Waals surface area contributed by atoms with Crippen molar-refractivity contribution in [3.63, 3.8) is 0 Å². The van der Waals surface area contributed by atoms with Crippen LogP contribution >= 0.6 is 23.2 Å². The minimum atomic E-state index is -4.16. The number of hydrogen-bond donors (Lipinski definition) is 0. The first-order valence-corrected chi connectivity index (χ1v) is 16.0. The number of sulfone groups is 1. The average molecular weight is 610 g/mol. The zero-order chi connectivity index (χ0) is 28.8. The number of amides is 1. The van der Waals surface area contributed by atoms with Crippen molar-refractivity contribution < 1.29 is 22.7 Å². The molecule has 1 fully saturated rings. The van der Waals surface area contributed by atoms with Crippen LogP contribution in [0.5, 0.6) is 0 Å². The molecule has 1 amide bonds. The SMILES string of the molecule is CC(C)(C)OC(=O)n1c(S(=O)(=O)CCC(=O)N2CCC(c3cnc4n3CCCC4)CC2)c(Cl)c2cc(Cl)ccc21. The zero-order valence-corrected chi connectivity index (χ0v) is 25.3. The summed E-state index contributed by atoms with van der Waals surface area (Å²) in [6.45, 7) is 7.17. The molecule has 2 aromatic heterocycles. The van der Waals surface area contributed by atoms with E-state index >= 15 is 0 Å². The maximum atomic E-state index is 13.6. The lowest BCUT2D eigenvalue weighted by molar-refractivity contribution is -0.131. The van der Waals surface area contributed by atoms with Crippen LogP contribution in [0.4, 0.5) is 4.79 Å². The maximum Gasteiger partial charge on any atom is 0.420 e. The molecule has 2 aliphatic rings. The van der Waals surface area contributed by atoms with Gasteiger partial charge in [-0.25, -0.2) is 22.8 Å². The Balaban J connectivity index is 1.31. The van der Waals surface area contributed by atoms with Gasteiger partial charge >= 0.3 is 6.09 Å². The average Bonchev–Trinajstić information content (AvgIpc) is 3.46. The van der Waals surface area contributed by atoms with E-state index in [1.807, 2.05) is 6.20 Å². The van der Waals surface area contributed by atoms with Gasteiger partial charge in [0.15, 0.2) is 14.9 Å². The van der Waals surface area contributed by atoms with E-state index in [0.717, 1.165) is 42.6 Å². The van der Waals surface area contributed by atoms with Gasteiger partial charge < -0.3 is 14.2 Å². The van der Waals surface area contributed by atoms with E-state index in [2.05, 4.69) is 9.55 Å². The molecule has 3 aromatic rings. The normalized spacial score (nSPS) is 16.8. The highest BCUT2D eigenvalue weighted by Crippen LogP contribution is 2.37. The van der Waals surface area contributed by atoms with Crippen LogP contribution in [0.2, 0.25) is 10.0 Å². The number of benzene rings is 1. The Hall–Kier alpha value is -2.56. The molecule has 0 saturated carbocycles. The van der Waals surface area contributed by atoms with Crippen molar-refractivity contribution in [2.24, 2.45) is 0 Å². The molecule has 12 heteroatoms. The van der Waals surface area contributed by atoms with E-state index in [1.165, 1.54) is 24.2 Å². The molecule has 1 aromatic carbocycles. The highest BCUT2D eigenvalue weighted by atomic mass is 35.5. The van der Waals surface area contributed by atoms with Gasteiger partial charge in [0, 0.05) is 60.7 Å². The molecule has 40 heavy (non-hydrogen) atoms. The number of aromatic nitrogens is 3. The van der Waals surface area contributed by atoms with Crippen molar-refractivity contribution in [2.45, 2.75) is 82.4 Å². The number of likely N-dealkylation sites (tertiary alicyclic amines) is 1. The van der Waals surface area contributed by atoms with Gasteiger partial charge in [0.25, 0.3) is 0 Å². The number of hydrogen-bond acceptors (Lipinski definition) is 6. The second-order valence-corrected chi connectivity index (χ2v) is 14.4. The quantitative estimate of drug-likeness (QED) is 0.361. The molecule has 5 rings (SSSR count). The summed E-state index contributed by atoms with van der Waals surface area (Å²) in [5.74, 6) is 0.752. The van der Waals surface area contributed by atoms with Gasteiger partial charge in [-0.3, -0.25) is 4.79 Å². The number of piperidine rings is 1. The fourth-order valence-electron chi connectivity index (χ4n) is 5.63. The molecule has 4 heterocycles. The fraction of sp³-hybridized carbons (Fsp3) is 0.536. The van der Waals surface area contributed by atoms with Crippen molar-refractivity contribution in [3.05, 3.63) is 46.0 Å². The van der Waals surface area contributed by atoms with Crippen molar-refractivity contribution in [2.75, 3.05) is 18.8 Å². The summed E-state index contributed by atoms with van der Waals surface area (Å²) in [7, 11) is -4.16. The van der Waals surface area contributed by atoms with Gasteiger partial charge in [-0.1, -0.05) is 23.2 Å². The smallest absolute Gasteiger partial charge is 0.420 e. The van der Waals surface area contributed by atoms with Crippen LogP contribution in [0.1, 0.15) is 70.3 Å². The van der Waals surface area contributed by atoms with Crippen LogP contribution in [-0.2, 0) is 32.3 Å². The molecular formula is C28H34Cl2N4O5S. The Morgan fingerprint density at radius 1 is 1.10 bits per heavy atom. The standard InChI is InChI=1S/C28H34Cl2N4O5S/c1-28(2,3)39-27(36)34-21-8-7-19(29)16-20(21)25(30)26(34)40(37,38)15-11-24(35)32-13-9-18(10-14-32)22-17-31-23-6-4-5-12-33(22)23/h7-8,16-18H,4-6,9-15H2,1-3H3. The molecule has 0 atom stereocenters. The van der Waals surface area contributed by atoms with Crippen LogP contribution in [0.3, 0.4) is 0 Å². The molecule has 0 radical (unpaired) electrons. The number of halogens is 2. The third-order valence-electron chi connectivity index (χ3n) is 7.55. The summed E-state index contributed by atoms with van der Waals surface area (Å²) in [6.07, 6.45) is 5.84. The van der Waals surface area contributed by atoms with E-state index in [-0.39, 0.29) is 22.9 Å². The summed E-state index contributed by atoms with van der Waals surface area (Å²) in [5, 5.41) is 0.141. The molecule has 216 valence electrons. The number of ether oxygens (including phenoxy) is 1. The van der Waals surface area contributed by atoms with Crippen molar-refractivity contribution in [3.8, 4) is 0 Å². The number of carbonyl (C=O) groups is 2. The second kappa shape index (κ2) is 11.0. The number of nitrogens with zero attached hydrogens (tertiary/aromatic N) is 4. The van der Waals surface area contributed by atoms with Gasteiger partial charge in [-0.05, 0) is 64.7 Å². The Morgan fingerprint density at radius 2 is 1.82 bits per heavy atom. The van der Waals surface area contributed by atoms with E-state index in [4.69, 9.17) is 27.9 Å². The zero-order valence-electron chi connectivity index (χ0n) is 23.0. The van der Waals surface area contributed by atoms with Gasteiger partial charge in [-0.2, -0.15) is 0 Å². The minimum absolute atomic E-state index is 0.124. The highest BCUT2D eigenvalue weighted by Gasteiger charge is 2.34. The summed E-state index contributed by atoms with van der Waals surface area (Å²) in [6, 6.07) is 4.58. The topological polar surface area (TPSA) is 104 Å². The lowest BCUT2D eigenvalue weighted by atomic mass is 9.93. The van der Waals surface area contributed by atoms with Crippen LogP contribution in [0.25, 0.3) is 10.9 Å². The first kappa shape index (κ1) is 29.0. The third-order valence-corrected chi connectivity index (χ3v) is 10.00. The van der Waals surface area contributed by atoms with E-state index < -0.39 is 32.3 Å². The summed E-state index contributed by atoms with van der Waals surface area (Å²) in [5.41, 5.74) is 0.637. The fourth-order valence-corrected chi connectivity index (χ4v) is 7.86. The Kier molecular flexibility index (Phi) is 7.98. The number of fused-ring (bicyclic) bond motifs is 2. The molecule has 0 aliphatic carbocycles. The molecule has 2 aliphatic heterocycles. The lowest BCUT2D eigenvalue weighted by Gasteiger charge is -2.33. The summed E-state index contributed by atoms with van der Waals surface area (Å²) in [4.78, 5) is 32.6. The molecule has 1 saturated heterocycles. The van der Waals surface area contributed by atoms with Crippen LogP contribution < -0.4 is 0 Å². The Bertz CT molecular complexity index is 1560. The van der Waals surface area contributed by atoms with Crippen molar-refractivity contribution in [1.82, 2.24) is 19.0 Å². The van der Waals surface area contributed by atoms with Gasteiger partial charge in [-0.15, -0.1) is 0 Å². The molecule has 0 unspecified atom stereocenters. The highest BCUT2D eigenvalue weighted by molar-refractivity contribution is 7.91. The summed E-state index contributed by atoms with van der Waals surface area (Å²) < 4.78 is 36.0. The first-order chi connectivity index (χ1) is 18.9. The number of carbonyl (C=O) groups excluding carboxylic acids is 2. The van der Waals surface area contributed by atoms with Crippen molar-refractivity contribution >= 4 is 55.9 Å². The van der Waals surface area contributed by atoms with Crippen LogP contribution in [0.15, 0.2) is 29.4 Å². The third kappa shape index (κ3) is 5.76. The largest absolute Gasteiger partial charge is 0.443 e. The van der Waals surface area contributed by atoms with E-state index in [1.54, 1.807) is 31.7 Å². The predicted molar refractivity (Wildman–Crippen MR) is 154 cm³/mol. The minimum Gasteiger partial charge on any atom is -0.443 e. The van der Waals surface area contributed by atoms with E-state index in [0.29, 0.717) is 29.4 Å². The first-order valence-electron chi connectivity index (χ1n) is 13.6. The Labute approximate surface area is 244 Å². The second-order valence-electron chi connectivity index (χ2n) is 11.5. The van der Waals surface area contributed by atoms with E-state index in [9.17, 15) is 18.0 Å². The van der Waals surface area contributed by atoms with Gasteiger partial charge in [0.05, 0.1) is 16.3 Å². The number of aryl methyl sites for hydroxylation is 1. The molecule has 0 bridgehead atoms. The van der Waals surface area contributed by atoms with Crippen LogP contribution in [-0.4, -0.2) is 63.9 Å². The number of imidazole rings is 1. The summed E-state index contributed by atoms with van der Waals surface area (Å²) >= 11 is 12.7. The van der Waals surface area contributed by atoms with Crippen molar-refractivity contribution in [1.29, 1.82) is 0 Å². The van der Waals surface area contributed by atoms with Crippen LogP contribution in [0, 0.1) is 0 Å². The number of rotatable bonds is 5. The lowest BCUT2D eigenvalue weighted by Crippen LogP contribution is -2.39. The molecular weight excluding hydrogens is 575 g/mol. The monoisotopic (exact) mass is 608 g/mol. The van der Waals surface area contributed by atoms with Gasteiger partial charge in [0.1, 0.15) is 11.4 Å². The van der Waals surface area contributed by atoms with Gasteiger partial charge in [0.2, 0.25) is 5.91 Å². The molecule has 0 spiro atoms.